The summed E-state index contributed by atoms with van der Waals surface area (Å²) in [5.41, 5.74) is 1.85. The quantitative estimate of drug-likeness (QED) is 0.210. The summed E-state index contributed by atoms with van der Waals surface area (Å²) in [4.78, 5) is 29.5. The number of esters is 1. The number of ether oxygens (including phenoxy) is 1. The number of nitro groups is 1. The summed E-state index contributed by atoms with van der Waals surface area (Å²) in [6.07, 6.45) is 0. The van der Waals surface area contributed by atoms with Gasteiger partial charge in [-0.05, 0) is 30.3 Å². The van der Waals surface area contributed by atoms with Crippen LogP contribution in [0, 0.1) is 10.1 Å². The Morgan fingerprint density at radius 3 is 2.75 bits per heavy atom. The molecule has 0 unspecified atom stereocenters. The number of fused-ring (bicyclic) bond motifs is 1. The molecular weight excluding hydrogens is 409 g/mol. The first-order valence-corrected chi connectivity index (χ1v) is 8.58. The highest BCUT2D eigenvalue weighted by Crippen LogP contribution is 2.33. The molecule has 10 heteroatoms. The Hall–Kier alpha value is -3.36. The van der Waals surface area contributed by atoms with E-state index in [0.717, 1.165) is 6.07 Å². The fraction of sp³-hybridized carbons (Fsp3) is 0. The van der Waals surface area contributed by atoms with Gasteiger partial charge in [-0.25, -0.2) is 9.78 Å². The molecule has 4 aromatic rings. The standard InChI is InChI=1S/C18H9Cl2N3O5/c19-11-3-1-2-10(16(11)20)17-21-12-5-4-9(8-13(12)22-17)27-18(24)14-6-7-15(28-14)23(25)26/h1-8H,(H,21,22). The zero-order chi connectivity index (χ0) is 19.8. The fourth-order valence-corrected chi connectivity index (χ4v) is 2.95. The second-order valence-electron chi connectivity index (χ2n) is 5.65. The third kappa shape index (κ3) is 3.30. The van der Waals surface area contributed by atoms with E-state index < -0.39 is 16.8 Å². The van der Waals surface area contributed by atoms with E-state index in [9.17, 15) is 14.9 Å². The molecule has 0 atom stereocenters. The van der Waals surface area contributed by atoms with Crippen LogP contribution in [0.5, 0.6) is 5.75 Å². The first kappa shape index (κ1) is 18.0. The number of benzene rings is 2. The van der Waals surface area contributed by atoms with E-state index in [4.69, 9.17) is 32.4 Å². The van der Waals surface area contributed by atoms with E-state index in [1.807, 2.05) is 0 Å². The molecule has 2 aromatic heterocycles. The number of hydrogen-bond donors (Lipinski definition) is 1. The highest BCUT2D eigenvalue weighted by molar-refractivity contribution is 6.43. The third-order valence-corrected chi connectivity index (χ3v) is 4.66. The number of nitrogens with zero attached hydrogens (tertiary/aromatic N) is 2. The van der Waals surface area contributed by atoms with Crippen LogP contribution < -0.4 is 4.74 Å². The molecular formula is C18H9Cl2N3O5. The molecule has 0 aliphatic rings. The van der Waals surface area contributed by atoms with Gasteiger partial charge in [-0.2, -0.15) is 0 Å². The fourth-order valence-electron chi connectivity index (χ4n) is 2.56. The summed E-state index contributed by atoms with van der Waals surface area (Å²) in [6.45, 7) is 0. The van der Waals surface area contributed by atoms with E-state index in [-0.39, 0.29) is 11.5 Å². The zero-order valence-corrected chi connectivity index (χ0v) is 15.3. The maximum absolute atomic E-state index is 12.1. The van der Waals surface area contributed by atoms with Gasteiger partial charge in [-0.1, -0.05) is 29.3 Å². The first-order chi connectivity index (χ1) is 13.4. The van der Waals surface area contributed by atoms with Crippen molar-refractivity contribution in [1.82, 2.24) is 9.97 Å². The van der Waals surface area contributed by atoms with Crippen LogP contribution in [0.3, 0.4) is 0 Å². The van der Waals surface area contributed by atoms with Crippen molar-refractivity contribution in [2.45, 2.75) is 0 Å². The molecule has 0 aliphatic heterocycles. The van der Waals surface area contributed by atoms with Crippen LogP contribution in [-0.2, 0) is 0 Å². The van der Waals surface area contributed by atoms with Crippen molar-refractivity contribution in [2.75, 3.05) is 0 Å². The van der Waals surface area contributed by atoms with Crippen LogP contribution in [0.1, 0.15) is 10.6 Å². The maximum atomic E-state index is 12.1. The minimum absolute atomic E-state index is 0.212. The van der Waals surface area contributed by atoms with Crippen LogP contribution in [0.4, 0.5) is 5.88 Å². The van der Waals surface area contributed by atoms with Crippen molar-refractivity contribution >= 4 is 46.1 Å². The number of H-pyrrole nitrogens is 1. The van der Waals surface area contributed by atoms with E-state index in [1.165, 1.54) is 6.07 Å². The van der Waals surface area contributed by atoms with Crippen molar-refractivity contribution in [3.63, 3.8) is 0 Å². The topological polar surface area (TPSA) is 111 Å². The number of furan rings is 1. The summed E-state index contributed by atoms with van der Waals surface area (Å²) in [6, 6.07) is 12.2. The van der Waals surface area contributed by atoms with Gasteiger partial charge >= 0.3 is 11.9 Å². The molecule has 0 bridgehead atoms. The second-order valence-corrected chi connectivity index (χ2v) is 6.44. The molecule has 0 spiro atoms. The van der Waals surface area contributed by atoms with Crippen LogP contribution in [0.2, 0.25) is 10.0 Å². The molecule has 0 saturated heterocycles. The monoisotopic (exact) mass is 417 g/mol. The van der Waals surface area contributed by atoms with Crippen LogP contribution in [0.25, 0.3) is 22.4 Å². The molecule has 0 fully saturated rings. The number of halogens is 2. The van der Waals surface area contributed by atoms with Crippen LogP contribution >= 0.6 is 23.2 Å². The number of carbonyl (C=O) groups is 1. The van der Waals surface area contributed by atoms with E-state index in [2.05, 4.69) is 9.97 Å². The second kappa shape index (κ2) is 6.99. The predicted molar refractivity (Wildman–Crippen MR) is 102 cm³/mol. The number of nitrogens with one attached hydrogen (secondary N) is 1. The Balaban J connectivity index is 1.62. The number of aromatic nitrogens is 2. The van der Waals surface area contributed by atoms with Gasteiger partial charge in [0.15, 0.2) is 0 Å². The minimum Gasteiger partial charge on any atom is -0.421 e. The largest absolute Gasteiger partial charge is 0.433 e. The SMILES string of the molecule is O=C(Oc1ccc2nc(-c3cccc(Cl)c3Cl)[nH]c2c1)c1ccc([N+](=O)[O-])o1. The number of aromatic amines is 1. The average Bonchev–Trinajstić information content (AvgIpc) is 3.30. The maximum Gasteiger partial charge on any atom is 0.433 e. The summed E-state index contributed by atoms with van der Waals surface area (Å²) in [7, 11) is 0. The van der Waals surface area contributed by atoms with Crippen molar-refractivity contribution in [2.24, 2.45) is 0 Å². The van der Waals surface area contributed by atoms with Gasteiger partial charge in [0, 0.05) is 11.6 Å². The Bertz CT molecular complexity index is 1230. The van der Waals surface area contributed by atoms with Crippen LogP contribution in [-0.4, -0.2) is 20.9 Å². The van der Waals surface area contributed by atoms with E-state index in [0.29, 0.717) is 32.5 Å². The summed E-state index contributed by atoms with van der Waals surface area (Å²) in [5, 5.41) is 11.4. The zero-order valence-electron chi connectivity index (χ0n) is 13.8. The van der Waals surface area contributed by atoms with Crippen molar-refractivity contribution in [3.8, 4) is 17.1 Å². The highest BCUT2D eigenvalue weighted by atomic mass is 35.5. The van der Waals surface area contributed by atoms with Gasteiger partial charge in [0.1, 0.15) is 16.5 Å². The van der Waals surface area contributed by atoms with Crippen molar-refractivity contribution < 1.29 is 18.9 Å². The Labute approximate surface area is 166 Å². The van der Waals surface area contributed by atoms with E-state index >= 15 is 0 Å². The highest BCUT2D eigenvalue weighted by Gasteiger charge is 2.19. The van der Waals surface area contributed by atoms with Crippen molar-refractivity contribution in [1.29, 1.82) is 0 Å². The average molecular weight is 418 g/mol. The minimum atomic E-state index is -0.856. The van der Waals surface area contributed by atoms with Crippen LogP contribution in [0.15, 0.2) is 52.9 Å². The normalized spacial score (nSPS) is 10.9. The molecule has 1 N–H and O–H groups in total. The third-order valence-electron chi connectivity index (χ3n) is 3.84. The molecule has 4 rings (SSSR count). The van der Waals surface area contributed by atoms with Gasteiger partial charge in [-0.15, -0.1) is 0 Å². The first-order valence-electron chi connectivity index (χ1n) is 7.83. The lowest BCUT2D eigenvalue weighted by Crippen LogP contribution is -2.07. The number of rotatable bonds is 4. The van der Waals surface area contributed by atoms with Gasteiger partial charge < -0.3 is 14.1 Å². The summed E-state index contributed by atoms with van der Waals surface area (Å²) in [5.74, 6) is -0.955. The van der Waals surface area contributed by atoms with Gasteiger partial charge in [0.25, 0.3) is 0 Å². The summed E-state index contributed by atoms with van der Waals surface area (Å²) < 4.78 is 10.0. The van der Waals surface area contributed by atoms with Gasteiger partial charge in [-0.3, -0.25) is 10.1 Å². The molecule has 140 valence electrons. The Kier molecular flexibility index (Phi) is 4.50. The molecule has 2 aromatic carbocycles. The molecule has 0 aliphatic carbocycles. The van der Waals surface area contributed by atoms with Gasteiger partial charge in [0.05, 0.1) is 27.1 Å². The number of carbonyl (C=O) groups excluding carboxylic acids is 1. The molecule has 0 radical (unpaired) electrons. The molecule has 0 amide bonds. The van der Waals surface area contributed by atoms with Crippen molar-refractivity contribution in [3.05, 3.63) is 74.5 Å². The number of hydrogen-bond acceptors (Lipinski definition) is 6. The lowest BCUT2D eigenvalue weighted by Gasteiger charge is -2.02. The number of imidazole rings is 1. The summed E-state index contributed by atoms with van der Waals surface area (Å²) >= 11 is 12.3. The molecule has 8 nitrogen and oxygen atoms in total. The molecule has 2 heterocycles. The smallest absolute Gasteiger partial charge is 0.421 e. The lowest BCUT2D eigenvalue weighted by molar-refractivity contribution is -0.402. The Morgan fingerprint density at radius 1 is 1.18 bits per heavy atom. The van der Waals surface area contributed by atoms with E-state index in [1.54, 1.807) is 36.4 Å². The molecule has 28 heavy (non-hydrogen) atoms. The predicted octanol–water partition coefficient (Wildman–Crippen LogP) is 5.26. The molecule has 0 saturated carbocycles. The lowest BCUT2D eigenvalue weighted by atomic mass is 10.2. The van der Waals surface area contributed by atoms with Gasteiger partial charge in [0.2, 0.25) is 5.76 Å². The Morgan fingerprint density at radius 2 is 2.00 bits per heavy atom.